The highest BCUT2D eigenvalue weighted by Gasteiger charge is 2.10. The number of aliphatic carboxylic acids is 1. The van der Waals surface area contributed by atoms with Crippen LogP contribution in [0, 0.1) is 0 Å². The van der Waals surface area contributed by atoms with E-state index < -0.39 is 17.3 Å². The van der Waals surface area contributed by atoms with Gasteiger partial charge in [-0.15, -0.1) is 0 Å². The van der Waals surface area contributed by atoms with Crippen molar-refractivity contribution in [3.63, 3.8) is 0 Å². The third-order valence-corrected chi connectivity index (χ3v) is 2.48. The van der Waals surface area contributed by atoms with Crippen LogP contribution >= 0.6 is 0 Å². The summed E-state index contributed by atoms with van der Waals surface area (Å²) < 4.78 is 0. The Bertz CT molecular complexity index is 691. The van der Waals surface area contributed by atoms with Crippen molar-refractivity contribution in [3.8, 4) is 0 Å². The van der Waals surface area contributed by atoms with Gasteiger partial charge in [-0.1, -0.05) is 0 Å². The van der Waals surface area contributed by atoms with Gasteiger partial charge in [-0.25, -0.2) is 0 Å². The molecule has 2 heterocycles. The Morgan fingerprint density at radius 3 is 2.70 bits per heavy atom. The first kappa shape index (κ1) is 13.5. The highest BCUT2D eigenvalue weighted by atomic mass is 16.4. The lowest BCUT2D eigenvalue weighted by Gasteiger charge is -2.04. The van der Waals surface area contributed by atoms with Crippen LogP contribution in [0.25, 0.3) is 0 Å². The Balaban J connectivity index is 2.11. The predicted molar refractivity (Wildman–Crippen MR) is 70.6 cm³/mol. The average Bonchev–Trinajstić information content (AvgIpc) is 2.41. The summed E-state index contributed by atoms with van der Waals surface area (Å²) >= 11 is 0. The molecule has 7 nitrogen and oxygen atoms in total. The zero-order chi connectivity index (χ0) is 14.5. The van der Waals surface area contributed by atoms with Gasteiger partial charge in [-0.05, 0) is 12.1 Å². The second-order valence-corrected chi connectivity index (χ2v) is 3.99. The third kappa shape index (κ3) is 3.29. The van der Waals surface area contributed by atoms with Crippen molar-refractivity contribution in [1.29, 1.82) is 0 Å². The van der Waals surface area contributed by atoms with Crippen LogP contribution in [0.4, 0.5) is 5.69 Å². The van der Waals surface area contributed by atoms with Gasteiger partial charge in [0.2, 0.25) is 0 Å². The molecule has 2 aromatic rings. The number of hydrogen-bond donors (Lipinski definition) is 3. The van der Waals surface area contributed by atoms with Crippen LogP contribution < -0.4 is 10.7 Å². The monoisotopic (exact) mass is 273 g/mol. The summed E-state index contributed by atoms with van der Waals surface area (Å²) in [4.78, 5) is 40.4. The second-order valence-electron chi connectivity index (χ2n) is 3.99. The third-order valence-electron chi connectivity index (χ3n) is 2.48. The first-order valence-electron chi connectivity index (χ1n) is 5.71. The minimum atomic E-state index is -0.981. The molecule has 0 saturated carbocycles. The zero-order valence-corrected chi connectivity index (χ0v) is 10.3. The smallest absolute Gasteiger partial charge is 0.309 e. The van der Waals surface area contributed by atoms with E-state index >= 15 is 0 Å². The topological polar surface area (TPSA) is 112 Å². The molecule has 0 saturated heterocycles. The molecule has 3 N–H and O–H groups in total. The molecule has 0 aliphatic heterocycles. The summed E-state index contributed by atoms with van der Waals surface area (Å²) in [6.07, 6.45) is 3.89. The van der Waals surface area contributed by atoms with E-state index in [1.165, 1.54) is 36.8 Å². The van der Waals surface area contributed by atoms with Crippen LogP contribution in [0.1, 0.15) is 16.1 Å². The molecule has 102 valence electrons. The molecular formula is C13H11N3O4. The number of nitrogens with zero attached hydrogens (tertiary/aromatic N) is 1. The number of anilines is 1. The van der Waals surface area contributed by atoms with Gasteiger partial charge in [-0.2, -0.15) is 0 Å². The fourth-order valence-electron chi connectivity index (χ4n) is 1.55. The molecule has 0 unspecified atom stereocenters. The molecule has 0 atom stereocenters. The molecule has 0 bridgehead atoms. The van der Waals surface area contributed by atoms with Gasteiger partial charge in [0.25, 0.3) is 5.91 Å². The predicted octanol–water partition coefficient (Wildman–Crippen LogP) is 0.649. The van der Waals surface area contributed by atoms with Gasteiger partial charge in [-0.3, -0.25) is 19.4 Å². The molecule has 0 radical (unpaired) electrons. The maximum Gasteiger partial charge on any atom is 0.309 e. The molecule has 0 aliphatic carbocycles. The van der Waals surface area contributed by atoms with E-state index in [4.69, 9.17) is 5.11 Å². The Labute approximate surface area is 113 Å². The molecule has 0 aromatic carbocycles. The van der Waals surface area contributed by atoms with Gasteiger partial charge in [0, 0.05) is 18.5 Å². The summed E-state index contributed by atoms with van der Waals surface area (Å²) in [7, 11) is 0. The number of carboxylic acids is 1. The zero-order valence-electron chi connectivity index (χ0n) is 10.3. The highest BCUT2D eigenvalue weighted by Crippen LogP contribution is 2.08. The molecule has 2 aromatic heterocycles. The van der Waals surface area contributed by atoms with E-state index in [-0.39, 0.29) is 12.0 Å². The second kappa shape index (κ2) is 5.79. The van der Waals surface area contributed by atoms with E-state index in [1.54, 1.807) is 0 Å². The van der Waals surface area contributed by atoms with Crippen molar-refractivity contribution >= 4 is 17.6 Å². The van der Waals surface area contributed by atoms with Gasteiger partial charge in [0.15, 0.2) is 5.43 Å². The van der Waals surface area contributed by atoms with Crippen molar-refractivity contribution in [2.75, 3.05) is 5.32 Å². The van der Waals surface area contributed by atoms with E-state index in [1.807, 2.05) is 0 Å². The lowest BCUT2D eigenvalue weighted by atomic mass is 10.2. The number of carbonyl (C=O) groups excluding carboxylic acids is 1. The van der Waals surface area contributed by atoms with E-state index in [0.717, 1.165) is 0 Å². The summed E-state index contributed by atoms with van der Waals surface area (Å²) in [5.74, 6) is -1.54. The number of aromatic amines is 1. The Morgan fingerprint density at radius 1 is 1.30 bits per heavy atom. The molecule has 0 spiro atoms. The van der Waals surface area contributed by atoms with Crippen LogP contribution in [0.2, 0.25) is 0 Å². The molecule has 20 heavy (non-hydrogen) atoms. The molecule has 1 amide bonds. The number of carboxylic acid groups (broad SMARTS) is 1. The maximum absolute atomic E-state index is 11.8. The normalized spacial score (nSPS) is 10.0. The van der Waals surface area contributed by atoms with Gasteiger partial charge >= 0.3 is 5.97 Å². The van der Waals surface area contributed by atoms with Gasteiger partial charge < -0.3 is 15.4 Å². The van der Waals surface area contributed by atoms with Crippen LogP contribution in [-0.2, 0) is 11.2 Å². The Kier molecular flexibility index (Phi) is 3.90. The average molecular weight is 273 g/mol. The summed E-state index contributed by atoms with van der Waals surface area (Å²) in [5.41, 5.74) is 0.360. The standard InChI is InChI=1S/C13H11N3O4/c17-11-3-4-14-7-10(11)13(20)16-9-2-1-8(15-6-9)5-12(18)19/h1-4,6-7H,5H2,(H,14,17)(H,16,20)(H,18,19). The first-order chi connectivity index (χ1) is 9.56. The van der Waals surface area contributed by atoms with Crippen molar-refractivity contribution < 1.29 is 14.7 Å². The quantitative estimate of drug-likeness (QED) is 0.757. The first-order valence-corrected chi connectivity index (χ1v) is 5.71. The Hall–Kier alpha value is -2.96. The fraction of sp³-hybridized carbons (Fsp3) is 0.0769. The Morgan fingerprint density at radius 2 is 2.10 bits per heavy atom. The highest BCUT2D eigenvalue weighted by molar-refractivity contribution is 6.03. The number of hydrogen-bond acceptors (Lipinski definition) is 4. The van der Waals surface area contributed by atoms with Crippen LogP contribution in [-0.4, -0.2) is 27.0 Å². The number of pyridine rings is 2. The number of nitrogens with one attached hydrogen (secondary N) is 2. The summed E-state index contributed by atoms with van der Waals surface area (Å²) in [6.45, 7) is 0. The largest absolute Gasteiger partial charge is 0.481 e. The van der Waals surface area contributed by atoms with Crippen LogP contribution in [0.5, 0.6) is 0 Å². The maximum atomic E-state index is 11.8. The number of amides is 1. The summed E-state index contributed by atoms with van der Waals surface area (Å²) in [6, 6.07) is 4.28. The molecule has 7 heteroatoms. The minimum absolute atomic E-state index is 0.0119. The lowest BCUT2D eigenvalue weighted by Crippen LogP contribution is -2.20. The molecular weight excluding hydrogens is 262 g/mol. The van der Waals surface area contributed by atoms with Crippen LogP contribution in [0.3, 0.4) is 0 Å². The van der Waals surface area contributed by atoms with Crippen molar-refractivity contribution in [2.24, 2.45) is 0 Å². The van der Waals surface area contributed by atoms with E-state index in [2.05, 4.69) is 15.3 Å². The fourth-order valence-corrected chi connectivity index (χ4v) is 1.55. The van der Waals surface area contributed by atoms with Crippen molar-refractivity contribution in [2.45, 2.75) is 6.42 Å². The molecule has 0 fully saturated rings. The number of aromatic nitrogens is 2. The number of carbonyl (C=O) groups is 2. The SMILES string of the molecule is O=C(O)Cc1ccc(NC(=O)c2c[nH]ccc2=O)cn1. The summed E-state index contributed by atoms with van der Waals surface area (Å²) in [5, 5.41) is 11.1. The van der Waals surface area contributed by atoms with Crippen molar-refractivity contribution in [3.05, 3.63) is 58.3 Å². The van der Waals surface area contributed by atoms with E-state index in [0.29, 0.717) is 11.4 Å². The number of H-pyrrole nitrogens is 1. The van der Waals surface area contributed by atoms with Crippen molar-refractivity contribution in [1.82, 2.24) is 9.97 Å². The lowest BCUT2D eigenvalue weighted by molar-refractivity contribution is -0.136. The minimum Gasteiger partial charge on any atom is -0.481 e. The molecule has 2 rings (SSSR count). The van der Waals surface area contributed by atoms with E-state index in [9.17, 15) is 14.4 Å². The molecule has 0 aliphatic rings. The van der Waals surface area contributed by atoms with Gasteiger partial charge in [0.1, 0.15) is 5.56 Å². The number of rotatable bonds is 4. The van der Waals surface area contributed by atoms with Crippen LogP contribution in [0.15, 0.2) is 41.6 Å². The van der Waals surface area contributed by atoms with Gasteiger partial charge in [0.05, 0.1) is 24.0 Å².